The number of nitrogens with zero attached hydrogens (tertiary/aromatic N) is 1. The van der Waals surface area contributed by atoms with Crippen LogP contribution in [0.15, 0.2) is 0 Å². The fourth-order valence-electron chi connectivity index (χ4n) is 2.00. The lowest BCUT2D eigenvalue weighted by atomic mass is 10.0. The quantitative estimate of drug-likeness (QED) is 0.748. The van der Waals surface area contributed by atoms with Crippen LogP contribution in [0.25, 0.3) is 0 Å². The van der Waals surface area contributed by atoms with Gasteiger partial charge in [0.1, 0.15) is 0 Å². The summed E-state index contributed by atoms with van der Waals surface area (Å²) in [4.78, 5) is 24.5. The third-order valence-electron chi connectivity index (χ3n) is 3.23. The van der Waals surface area contributed by atoms with E-state index in [2.05, 4.69) is 0 Å². The van der Waals surface area contributed by atoms with Crippen molar-refractivity contribution in [3.63, 3.8) is 0 Å². The summed E-state index contributed by atoms with van der Waals surface area (Å²) in [7, 11) is 0. The van der Waals surface area contributed by atoms with Crippen molar-refractivity contribution in [3.8, 4) is 0 Å². The van der Waals surface area contributed by atoms with E-state index in [4.69, 9.17) is 10.8 Å². The Morgan fingerprint density at radius 1 is 1.39 bits per heavy atom. The number of aliphatic carboxylic acids is 1. The molecule has 1 fully saturated rings. The van der Waals surface area contributed by atoms with Crippen LogP contribution in [0.1, 0.15) is 46.5 Å². The number of rotatable bonds is 6. The van der Waals surface area contributed by atoms with Crippen molar-refractivity contribution in [1.29, 1.82) is 0 Å². The van der Waals surface area contributed by atoms with Crippen LogP contribution in [0, 0.1) is 5.92 Å². The van der Waals surface area contributed by atoms with Crippen LogP contribution in [-0.4, -0.2) is 40.0 Å². The first kappa shape index (κ1) is 15.0. The molecule has 0 aromatic carbocycles. The zero-order chi connectivity index (χ0) is 13.9. The maximum absolute atomic E-state index is 12.3. The zero-order valence-electron chi connectivity index (χ0n) is 11.5. The molecule has 1 unspecified atom stereocenters. The second-order valence-corrected chi connectivity index (χ2v) is 6.09. The Balaban J connectivity index is 2.61. The van der Waals surface area contributed by atoms with E-state index >= 15 is 0 Å². The summed E-state index contributed by atoms with van der Waals surface area (Å²) in [6, 6.07) is -0.495. The van der Waals surface area contributed by atoms with Gasteiger partial charge in [0, 0.05) is 12.1 Å². The van der Waals surface area contributed by atoms with Gasteiger partial charge in [-0.1, -0.05) is 12.8 Å². The predicted molar refractivity (Wildman–Crippen MR) is 69.0 cm³/mol. The van der Waals surface area contributed by atoms with Gasteiger partial charge < -0.3 is 15.7 Å². The third-order valence-corrected chi connectivity index (χ3v) is 3.23. The van der Waals surface area contributed by atoms with Gasteiger partial charge in [-0.3, -0.25) is 9.59 Å². The molecular weight excluding hydrogens is 232 g/mol. The second kappa shape index (κ2) is 5.69. The van der Waals surface area contributed by atoms with E-state index in [0.717, 1.165) is 19.3 Å². The molecule has 1 aliphatic rings. The standard InChI is InChI=1S/C13H24N2O3/c1-13(2,3)15(7-6-11(16)17)12(18)10(14)8-9-4-5-9/h9-10H,4-8,14H2,1-3H3,(H,16,17). The maximum atomic E-state index is 12.3. The molecule has 104 valence electrons. The Kier molecular flexibility index (Phi) is 4.73. The molecule has 0 aromatic rings. The molecule has 0 radical (unpaired) electrons. The number of nitrogens with two attached hydrogens (primary N) is 1. The van der Waals surface area contributed by atoms with Gasteiger partial charge in [-0.05, 0) is 33.1 Å². The van der Waals surface area contributed by atoms with E-state index in [1.165, 1.54) is 0 Å². The Hall–Kier alpha value is -1.10. The van der Waals surface area contributed by atoms with Gasteiger partial charge in [0.2, 0.25) is 5.91 Å². The molecule has 1 rings (SSSR count). The summed E-state index contributed by atoms with van der Waals surface area (Å²) in [6.07, 6.45) is 2.99. The van der Waals surface area contributed by atoms with E-state index < -0.39 is 17.6 Å². The lowest BCUT2D eigenvalue weighted by Gasteiger charge is -2.37. The second-order valence-electron chi connectivity index (χ2n) is 6.09. The zero-order valence-corrected chi connectivity index (χ0v) is 11.5. The van der Waals surface area contributed by atoms with Crippen molar-refractivity contribution < 1.29 is 14.7 Å². The molecule has 1 aliphatic carbocycles. The maximum Gasteiger partial charge on any atom is 0.305 e. The predicted octanol–water partition coefficient (Wildman–Crippen LogP) is 1.22. The molecule has 1 amide bonds. The number of amides is 1. The minimum atomic E-state index is -0.896. The number of carboxylic acid groups (broad SMARTS) is 1. The Labute approximate surface area is 108 Å². The minimum Gasteiger partial charge on any atom is -0.481 e. The number of hydrogen-bond acceptors (Lipinski definition) is 3. The monoisotopic (exact) mass is 256 g/mol. The molecule has 0 heterocycles. The average Bonchev–Trinajstić information content (AvgIpc) is 2.98. The first-order valence-corrected chi connectivity index (χ1v) is 6.50. The topological polar surface area (TPSA) is 83.6 Å². The van der Waals surface area contributed by atoms with Gasteiger partial charge in [0.15, 0.2) is 0 Å². The highest BCUT2D eigenvalue weighted by Gasteiger charge is 2.33. The van der Waals surface area contributed by atoms with Crippen molar-refractivity contribution in [3.05, 3.63) is 0 Å². The van der Waals surface area contributed by atoms with Gasteiger partial charge in [-0.2, -0.15) is 0 Å². The molecule has 0 aromatic heterocycles. The fourth-order valence-corrected chi connectivity index (χ4v) is 2.00. The number of carboxylic acids is 1. The summed E-state index contributed by atoms with van der Waals surface area (Å²) in [6.45, 7) is 5.92. The molecule has 0 aliphatic heterocycles. The van der Waals surface area contributed by atoms with Gasteiger partial charge in [0.05, 0.1) is 12.5 Å². The Morgan fingerprint density at radius 2 is 1.94 bits per heavy atom. The molecule has 5 heteroatoms. The normalized spacial score (nSPS) is 17.3. The molecule has 0 bridgehead atoms. The summed E-state index contributed by atoms with van der Waals surface area (Å²) in [5.74, 6) is -0.436. The number of carbonyl (C=O) groups excluding carboxylic acids is 1. The smallest absolute Gasteiger partial charge is 0.305 e. The Morgan fingerprint density at radius 3 is 2.33 bits per heavy atom. The highest BCUT2D eigenvalue weighted by molar-refractivity contribution is 5.82. The van der Waals surface area contributed by atoms with Gasteiger partial charge in [-0.25, -0.2) is 0 Å². The first-order chi connectivity index (χ1) is 8.21. The molecule has 18 heavy (non-hydrogen) atoms. The largest absolute Gasteiger partial charge is 0.481 e. The van der Waals surface area contributed by atoms with Crippen LogP contribution >= 0.6 is 0 Å². The van der Waals surface area contributed by atoms with Crippen molar-refractivity contribution >= 4 is 11.9 Å². The lowest BCUT2D eigenvalue weighted by molar-refractivity contribution is -0.141. The van der Waals surface area contributed by atoms with Crippen molar-refractivity contribution in [2.24, 2.45) is 11.7 Å². The van der Waals surface area contributed by atoms with Crippen molar-refractivity contribution in [1.82, 2.24) is 4.90 Å². The molecule has 5 nitrogen and oxygen atoms in total. The highest BCUT2D eigenvalue weighted by Crippen LogP contribution is 2.33. The first-order valence-electron chi connectivity index (χ1n) is 6.50. The van der Waals surface area contributed by atoms with E-state index in [1.54, 1.807) is 4.90 Å². The lowest BCUT2D eigenvalue weighted by Crippen LogP contribution is -2.53. The van der Waals surface area contributed by atoms with Gasteiger partial charge >= 0.3 is 5.97 Å². The third kappa shape index (κ3) is 4.64. The van der Waals surface area contributed by atoms with Gasteiger partial charge in [-0.15, -0.1) is 0 Å². The van der Waals surface area contributed by atoms with E-state index in [-0.39, 0.29) is 18.9 Å². The molecule has 1 saturated carbocycles. The fraction of sp³-hybridized carbons (Fsp3) is 0.846. The van der Waals surface area contributed by atoms with Crippen molar-refractivity contribution in [2.75, 3.05) is 6.54 Å². The molecule has 3 N–H and O–H groups in total. The number of hydrogen-bond donors (Lipinski definition) is 2. The average molecular weight is 256 g/mol. The summed E-state index contributed by atoms with van der Waals surface area (Å²) >= 11 is 0. The molecule has 1 atom stereocenters. The molecule has 0 spiro atoms. The highest BCUT2D eigenvalue weighted by atomic mass is 16.4. The van der Waals surface area contributed by atoms with Crippen LogP contribution in [0.5, 0.6) is 0 Å². The SMILES string of the molecule is CC(C)(C)N(CCC(=O)O)C(=O)C(N)CC1CC1. The van der Waals surface area contributed by atoms with Crippen molar-refractivity contribution in [2.45, 2.75) is 58.0 Å². The van der Waals surface area contributed by atoms with E-state index in [1.807, 2.05) is 20.8 Å². The van der Waals surface area contributed by atoms with Crippen LogP contribution in [0.2, 0.25) is 0 Å². The summed E-state index contributed by atoms with van der Waals surface area (Å²) < 4.78 is 0. The summed E-state index contributed by atoms with van der Waals surface area (Å²) in [5.41, 5.74) is 5.53. The van der Waals surface area contributed by atoms with E-state index in [9.17, 15) is 9.59 Å². The van der Waals surface area contributed by atoms with E-state index in [0.29, 0.717) is 5.92 Å². The minimum absolute atomic E-state index is 0.0425. The van der Waals surface area contributed by atoms with Crippen LogP contribution in [-0.2, 0) is 9.59 Å². The molecular formula is C13H24N2O3. The summed E-state index contributed by atoms with van der Waals surface area (Å²) in [5, 5.41) is 8.73. The van der Waals surface area contributed by atoms with Crippen LogP contribution < -0.4 is 5.73 Å². The van der Waals surface area contributed by atoms with Crippen LogP contribution in [0.4, 0.5) is 0 Å². The van der Waals surface area contributed by atoms with Crippen LogP contribution in [0.3, 0.4) is 0 Å². The number of carbonyl (C=O) groups is 2. The molecule has 0 saturated heterocycles. The Bertz CT molecular complexity index is 319. The van der Waals surface area contributed by atoms with Gasteiger partial charge in [0.25, 0.3) is 0 Å².